The van der Waals surface area contributed by atoms with E-state index in [0.29, 0.717) is 22.4 Å². The second-order valence-corrected chi connectivity index (χ2v) is 11.2. The predicted octanol–water partition coefficient (Wildman–Crippen LogP) is 11.1. The first-order chi connectivity index (χ1) is 27.5. The Labute approximate surface area is 305 Å². The molecule has 1 aliphatic rings. The molecule has 3 nitrogen and oxygen atoms in total. The molecule has 0 bridgehead atoms. The molecule has 0 unspecified atom stereocenters. The largest absolute Gasteiger partial charge is 0.500 e. The van der Waals surface area contributed by atoms with E-state index in [1.165, 1.54) is 30.5 Å². The Kier molecular flexibility index (Phi) is 5.63. The van der Waals surface area contributed by atoms with Gasteiger partial charge in [0.2, 0.25) is 0 Å². The van der Waals surface area contributed by atoms with E-state index >= 15 is 0 Å². The summed E-state index contributed by atoms with van der Waals surface area (Å²) >= 11 is 0. The smallest absolute Gasteiger partial charge is 0.128 e. The summed E-state index contributed by atoms with van der Waals surface area (Å²) < 4.78 is 115. The number of pyridine rings is 2. The summed E-state index contributed by atoms with van der Waals surface area (Å²) in [6.07, 6.45) is 4.00. The van der Waals surface area contributed by atoms with Gasteiger partial charge in [-0.05, 0) is 60.7 Å². The molecule has 0 atom stereocenters. The molecule has 46 heavy (non-hydrogen) atoms. The Morgan fingerprint density at radius 1 is 0.783 bits per heavy atom. The number of aromatic nitrogens is 2. The summed E-state index contributed by atoms with van der Waals surface area (Å²) in [7, 11) is 0. The number of benzene rings is 4. The Bertz CT molecular complexity index is 2660. The Morgan fingerprint density at radius 2 is 1.59 bits per heavy atom. The number of rotatable bonds is 4. The second kappa shape index (κ2) is 13.7. The fourth-order valence-corrected chi connectivity index (χ4v) is 5.85. The van der Waals surface area contributed by atoms with E-state index in [9.17, 15) is 0 Å². The normalized spacial score (nSPS) is 19.0. The van der Waals surface area contributed by atoms with Crippen LogP contribution in [-0.4, -0.2) is 9.97 Å². The van der Waals surface area contributed by atoms with Gasteiger partial charge >= 0.3 is 0 Å². The maximum atomic E-state index is 8.94. The average molecular weight is 793 g/mol. The van der Waals surface area contributed by atoms with Gasteiger partial charge in [0.15, 0.2) is 0 Å². The zero-order chi connectivity index (χ0) is 42.7. The number of hydrogen-bond donors (Lipinski definition) is 0. The molecule has 0 N–H and O–H groups in total. The van der Waals surface area contributed by atoms with Gasteiger partial charge in [-0.25, -0.2) is 0 Å². The minimum Gasteiger partial charge on any atom is -0.500 e. The first-order valence-corrected chi connectivity index (χ1v) is 14.8. The molecule has 1 fully saturated rings. The van der Waals surface area contributed by atoms with E-state index in [1.54, 1.807) is 6.07 Å². The van der Waals surface area contributed by atoms with Crippen molar-refractivity contribution in [2.75, 3.05) is 0 Å². The molecule has 3 aromatic heterocycles. The molecule has 8 rings (SSSR count). The van der Waals surface area contributed by atoms with Crippen LogP contribution in [0.3, 0.4) is 0 Å². The van der Waals surface area contributed by atoms with Crippen molar-refractivity contribution in [3.8, 4) is 22.5 Å². The molecule has 4 aromatic carbocycles. The number of aryl methyl sites for hydroxylation is 4. The number of nitrogens with zero attached hydrogens (tertiary/aromatic N) is 2. The molecule has 0 saturated heterocycles. The minimum atomic E-state index is -2.61. The summed E-state index contributed by atoms with van der Waals surface area (Å²) in [5.41, 5.74) is 2.68. The van der Waals surface area contributed by atoms with Crippen molar-refractivity contribution in [2.24, 2.45) is 5.92 Å². The van der Waals surface area contributed by atoms with Crippen LogP contribution >= 0.6 is 0 Å². The van der Waals surface area contributed by atoms with Gasteiger partial charge in [-0.15, -0.1) is 53.6 Å². The Balaban J connectivity index is 0.000000213. The van der Waals surface area contributed by atoms with Crippen LogP contribution in [0, 0.1) is 45.5 Å². The fraction of sp³-hybridized carbons (Fsp3) is 0.238. The van der Waals surface area contributed by atoms with Crippen LogP contribution in [0.4, 0.5) is 0 Å². The van der Waals surface area contributed by atoms with Crippen molar-refractivity contribution in [3.05, 3.63) is 131 Å². The third kappa shape index (κ3) is 6.43. The van der Waals surface area contributed by atoms with Gasteiger partial charge in [-0.2, -0.15) is 0 Å². The van der Waals surface area contributed by atoms with E-state index in [1.807, 2.05) is 42.5 Å². The molecule has 3 heterocycles. The maximum Gasteiger partial charge on any atom is 0.128 e. The molecular formula is C42H38IrN2O-2. The summed E-state index contributed by atoms with van der Waals surface area (Å²) in [6.45, 7) is -9.93. The van der Waals surface area contributed by atoms with Crippen LogP contribution in [0.5, 0.6) is 0 Å². The Morgan fingerprint density at radius 3 is 2.39 bits per heavy atom. The molecule has 1 saturated carbocycles. The zero-order valence-corrected chi connectivity index (χ0v) is 27.1. The minimum absolute atomic E-state index is 0. The van der Waals surface area contributed by atoms with Gasteiger partial charge < -0.3 is 14.4 Å². The molecule has 0 amide bonds. The molecule has 4 heteroatoms. The van der Waals surface area contributed by atoms with E-state index in [2.05, 4.69) is 28.2 Å². The average Bonchev–Trinajstić information content (AvgIpc) is 3.86. The number of furan rings is 1. The van der Waals surface area contributed by atoms with Crippen molar-refractivity contribution < 1.29 is 43.7 Å². The van der Waals surface area contributed by atoms with Crippen LogP contribution in [0.1, 0.15) is 72.7 Å². The van der Waals surface area contributed by atoms with Gasteiger partial charge in [-0.1, -0.05) is 103 Å². The van der Waals surface area contributed by atoms with Gasteiger partial charge in [-0.3, -0.25) is 0 Å². The summed E-state index contributed by atoms with van der Waals surface area (Å²) in [4.78, 5) is 8.48. The van der Waals surface area contributed by atoms with E-state index in [4.69, 9.17) is 23.6 Å². The number of hydrogen-bond acceptors (Lipinski definition) is 3. The molecule has 1 aliphatic carbocycles. The zero-order valence-electron chi connectivity index (χ0n) is 38.7. The van der Waals surface area contributed by atoms with E-state index in [-0.39, 0.29) is 59.5 Å². The first-order valence-electron chi connectivity index (χ1n) is 21.8. The van der Waals surface area contributed by atoms with Crippen LogP contribution < -0.4 is 0 Å². The SMILES string of the molecule is [2H]C([2H])([2H])c1c[c-]c(-c2cc(C([2H])([2H])[2H])c(C([2H])([2H])[2H])cn2)cc1.[2H]C([2H])([2H])c1cnc(-c2[c-]ccc3c2oc2c4ccccc4ccc32)cc1C([2H])([2H])C1CCCC1.[Ir]. The summed E-state index contributed by atoms with van der Waals surface area (Å²) in [6, 6.07) is 28.8. The van der Waals surface area contributed by atoms with Crippen LogP contribution in [0.25, 0.3) is 55.2 Å². The second-order valence-electron chi connectivity index (χ2n) is 11.2. The van der Waals surface area contributed by atoms with Crippen molar-refractivity contribution in [2.45, 2.75) is 59.5 Å². The van der Waals surface area contributed by atoms with Crippen molar-refractivity contribution in [1.29, 1.82) is 0 Å². The summed E-state index contributed by atoms with van der Waals surface area (Å²) in [5.74, 6) is -0.212. The van der Waals surface area contributed by atoms with Gasteiger partial charge in [0.25, 0.3) is 0 Å². The van der Waals surface area contributed by atoms with Crippen molar-refractivity contribution in [1.82, 2.24) is 9.97 Å². The standard InChI is InChI=1S/C28H24NO.C14H14N.Ir/c1-18-17-29-26(16-21(18)15-19-7-2-3-8-19)25-12-6-11-23-24-14-13-20-9-4-5-10-22(20)27(24)30-28(23)25;1-10-4-6-13(7-5-10)14-8-11(2)12(3)9-15-14;/h4-6,9-11,13-14,16-17,19H,2-3,7-8,15H2,1H3;4-6,8-9H,1-3H3;/q2*-1;/i1D3,15D2;1D3,2D3,3D3;. The van der Waals surface area contributed by atoms with E-state index < -0.39 is 33.8 Å². The molecule has 233 valence electrons. The number of fused-ring (bicyclic) bond motifs is 5. The molecule has 7 aromatic rings. The van der Waals surface area contributed by atoms with Crippen LogP contribution in [0.15, 0.2) is 95.7 Å². The monoisotopic (exact) mass is 793 g/mol. The Hall–Kier alpha value is -4.11. The van der Waals surface area contributed by atoms with Gasteiger partial charge in [0, 0.05) is 62.5 Å². The topological polar surface area (TPSA) is 38.9 Å². The van der Waals surface area contributed by atoms with Crippen LogP contribution in [0.2, 0.25) is 0 Å². The molecular weight excluding hydrogens is 741 g/mol. The third-order valence-corrected chi connectivity index (χ3v) is 8.19. The maximum absolute atomic E-state index is 8.94. The van der Waals surface area contributed by atoms with Crippen molar-refractivity contribution in [3.63, 3.8) is 0 Å². The fourth-order valence-electron chi connectivity index (χ4n) is 5.85. The molecule has 0 spiro atoms. The van der Waals surface area contributed by atoms with Crippen molar-refractivity contribution >= 4 is 32.7 Å². The van der Waals surface area contributed by atoms with Gasteiger partial charge in [0.05, 0.1) is 5.58 Å². The molecule has 1 radical (unpaired) electrons. The van der Waals surface area contributed by atoms with E-state index in [0.717, 1.165) is 59.0 Å². The first kappa shape index (κ1) is 18.9. The summed E-state index contributed by atoms with van der Waals surface area (Å²) in [5, 5.41) is 3.99. The predicted molar refractivity (Wildman–Crippen MR) is 186 cm³/mol. The van der Waals surface area contributed by atoms with Crippen LogP contribution in [-0.2, 0) is 26.5 Å². The van der Waals surface area contributed by atoms with Gasteiger partial charge in [0.1, 0.15) is 5.58 Å². The molecule has 0 aliphatic heterocycles. The third-order valence-electron chi connectivity index (χ3n) is 8.19. The quantitative estimate of drug-likeness (QED) is 0.167.